The van der Waals surface area contributed by atoms with Gasteiger partial charge < -0.3 is 4.90 Å². The molecule has 2 aliphatic rings. The molecule has 1 aromatic heterocycles. The summed E-state index contributed by atoms with van der Waals surface area (Å²) in [6, 6.07) is 10.1. The molecule has 0 N–H and O–H groups in total. The third-order valence-electron chi connectivity index (χ3n) is 5.80. The van der Waals surface area contributed by atoms with Crippen LogP contribution in [0.25, 0.3) is 0 Å². The second-order valence-corrected chi connectivity index (χ2v) is 9.96. The molecule has 7 nitrogen and oxygen atoms in total. The van der Waals surface area contributed by atoms with Crippen molar-refractivity contribution in [3.63, 3.8) is 0 Å². The minimum Gasteiger partial charge on any atom is -0.333 e. The van der Waals surface area contributed by atoms with Crippen LogP contribution in [0.1, 0.15) is 52.9 Å². The van der Waals surface area contributed by atoms with Crippen molar-refractivity contribution in [1.29, 1.82) is 5.26 Å². The Morgan fingerprint density at radius 1 is 1.20 bits per heavy atom. The smallest absolute Gasteiger partial charge is 0.255 e. The first-order chi connectivity index (χ1) is 14.3. The highest BCUT2D eigenvalue weighted by atomic mass is 32.2. The maximum atomic E-state index is 13.1. The van der Waals surface area contributed by atoms with Gasteiger partial charge in [-0.05, 0) is 62.6 Å². The van der Waals surface area contributed by atoms with Crippen LogP contribution in [0.4, 0.5) is 0 Å². The molecule has 2 heterocycles. The number of hydrogen-bond donors (Lipinski definition) is 0. The Labute approximate surface area is 177 Å². The van der Waals surface area contributed by atoms with Crippen molar-refractivity contribution in [3.05, 3.63) is 58.9 Å². The number of nitriles is 1. The monoisotopic (exact) mass is 424 g/mol. The maximum absolute atomic E-state index is 13.1. The molecule has 1 saturated carbocycles. The molecule has 0 bridgehead atoms. The summed E-state index contributed by atoms with van der Waals surface area (Å²) < 4.78 is 27.7. The molecule has 0 spiro atoms. The zero-order valence-electron chi connectivity index (χ0n) is 17.1. The van der Waals surface area contributed by atoms with Gasteiger partial charge in [-0.3, -0.25) is 9.78 Å². The molecule has 8 heteroatoms. The van der Waals surface area contributed by atoms with E-state index in [2.05, 4.69) is 4.98 Å². The van der Waals surface area contributed by atoms with E-state index in [0.29, 0.717) is 29.2 Å². The third kappa shape index (κ3) is 3.83. The van der Waals surface area contributed by atoms with Crippen LogP contribution < -0.4 is 0 Å². The van der Waals surface area contributed by atoms with Crippen LogP contribution in [0.2, 0.25) is 0 Å². The standard InChI is InChI=1S/C22H24N4O3S/c1-15-11-17(12-23)3-8-21(15)30(28,29)25-9-10-26(16(2)14-25)22(27)19-6-7-20(24-13-19)18-4-5-18/h3,6-8,11,13,16,18H,4-5,9-10,14H2,1-2H3. The Morgan fingerprint density at radius 3 is 2.53 bits per heavy atom. The lowest BCUT2D eigenvalue weighted by molar-refractivity contribution is 0.0591. The predicted octanol–water partition coefficient (Wildman–Crippen LogP) is 2.67. The number of sulfonamides is 1. The van der Waals surface area contributed by atoms with Crippen LogP contribution in [-0.4, -0.2) is 54.2 Å². The summed E-state index contributed by atoms with van der Waals surface area (Å²) in [5.41, 5.74) is 2.54. The summed E-state index contributed by atoms with van der Waals surface area (Å²) in [5.74, 6) is 0.413. The van der Waals surface area contributed by atoms with E-state index in [4.69, 9.17) is 5.26 Å². The van der Waals surface area contributed by atoms with Gasteiger partial charge in [0.2, 0.25) is 10.0 Å². The van der Waals surface area contributed by atoms with E-state index >= 15 is 0 Å². The summed E-state index contributed by atoms with van der Waals surface area (Å²) in [6.07, 6.45) is 3.95. The number of carbonyl (C=O) groups is 1. The normalized spacial score (nSPS) is 20.0. The number of nitrogens with zero attached hydrogens (tertiary/aromatic N) is 4. The van der Waals surface area contributed by atoms with E-state index in [1.807, 2.05) is 25.1 Å². The lowest BCUT2D eigenvalue weighted by Gasteiger charge is -2.39. The van der Waals surface area contributed by atoms with Crippen LogP contribution in [0.3, 0.4) is 0 Å². The molecule has 4 rings (SSSR count). The summed E-state index contributed by atoms with van der Waals surface area (Å²) in [6.45, 7) is 4.32. The van der Waals surface area contributed by atoms with E-state index < -0.39 is 10.0 Å². The summed E-state index contributed by atoms with van der Waals surface area (Å²) in [7, 11) is -3.70. The fraction of sp³-hybridized carbons (Fsp3) is 0.409. The van der Waals surface area contributed by atoms with Crippen LogP contribution in [0.15, 0.2) is 41.4 Å². The number of pyridine rings is 1. The van der Waals surface area contributed by atoms with Gasteiger partial charge >= 0.3 is 0 Å². The van der Waals surface area contributed by atoms with E-state index in [-0.39, 0.29) is 29.9 Å². The molecule has 1 aromatic carbocycles. The molecule has 1 unspecified atom stereocenters. The topological polar surface area (TPSA) is 94.4 Å². The molecule has 30 heavy (non-hydrogen) atoms. The molecule has 1 atom stereocenters. The van der Waals surface area contributed by atoms with Crippen LogP contribution in [0.5, 0.6) is 0 Å². The first-order valence-electron chi connectivity index (χ1n) is 10.1. The molecule has 1 aliphatic carbocycles. The molecule has 156 valence electrons. The zero-order chi connectivity index (χ0) is 21.5. The first kappa shape index (κ1) is 20.5. The van der Waals surface area contributed by atoms with Crippen LogP contribution >= 0.6 is 0 Å². The Balaban J connectivity index is 1.48. The van der Waals surface area contributed by atoms with E-state index in [1.165, 1.54) is 16.4 Å². The fourth-order valence-electron chi connectivity index (χ4n) is 3.91. The average molecular weight is 425 g/mol. The molecule has 2 aromatic rings. The van der Waals surface area contributed by atoms with Gasteiger partial charge in [0, 0.05) is 43.5 Å². The molecule has 0 radical (unpaired) electrons. The van der Waals surface area contributed by atoms with Gasteiger partial charge in [0.15, 0.2) is 0 Å². The predicted molar refractivity (Wildman–Crippen MR) is 111 cm³/mol. The SMILES string of the molecule is Cc1cc(C#N)ccc1S(=O)(=O)N1CCN(C(=O)c2ccc(C3CC3)nc2)C(C)C1. The Kier molecular flexibility index (Phi) is 5.35. The summed E-state index contributed by atoms with van der Waals surface area (Å²) >= 11 is 0. The Bertz CT molecular complexity index is 1120. The van der Waals surface area contributed by atoms with Crippen molar-refractivity contribution in [2.75, 3.05) is 19.6 Å². The van der Waals surface area contributed by atoms with Crippen molar-refractivity contribution < 1.29 is 13.2 Å². The lowest BCUT2D eigenvalue weighted by atomic mass is 10.1. The van der Waals surface area contributed by atoms with Gasteiger partial charge in [0.1, 0.15) is 0 Å². The van der Waals surface area contributed by atoms with Crippen molar-refractivity contribution in [2.45, 2.75) is 43.5 Å². The molecule has 1 amide bonds. The molecule has 2 fully saturated rings. The van der Waals surface area contributed by atoms with E-state index in [1.54, 1.807) is 24.1 Å². The highest BCUT2D eigenvalue weighted by Crippen LogP contribution is 2.38. The molecule has 1 aliphatic heterocycles. The minimum absolute atomic E-state index is 0.121. The van der Waals surface area contributed by atoms with Gasteiger partial charge in [0.05, 0.1) is 22.1 Å². The molecular weight excluding hydrogens is 400 g/mol. The van der Waals surface area contributed by atoms with E-state index in [9.17, 15) is 13.2 Å². The third-order valence-corrected chi connectivity index (χ3v) is 7.83. The quantitative estimate of drug-likeness (QED) is 0.752. The van der Waals surface area contributed by atoms with Crippen molar-refractivity contribution in [2.24, 2.45) is 0 Å². The number of carbonyl (C=O) groups excluding carboxylic acids is 1. The Morgan fingerprint density at radius 2 is 1.97 bits per heavy atom. The second kappa shape index (κ2) is 7.82. The lowest BCUT2D eigenvalue weighted by Crippen LogP contribution is -2.55. The van der Waals surface area contributed by atoms with Crippen molar-refractivity contribution >= 4 is 15.9 Å². The number of aryl methyl sites for hydroxylation is 1. The van der Waals surface area contributed by atoms with Crippen LogP contribution in [0, 0.1) is 18.3 Å². The number of benzene rings is 1. The van der Waals surface area contributed by atoms with Gasteiger partial charge in [-0.15, -0.1) is 0 Å². The number of piperazine rings is 1. The second-order valence-electron chi connectivity index (χ2n) is 8.05. The summed E-state index contributed by atoms with van der Waals surface area (Å²) in [5, 5.41) is 9.01. The van der Waals surface area contributed by atoms with Gasteiger partial charge in [-0.2, -0.15) is 9.57 Å². The number of hydrogen-bond acceptors (Lipinski definition) is 5. The minimum atomic E-state index is -3.70. The van der Waals surface area contributed by atoms with Gasteiger partial charge in [-0.25, -0.2) is 8.42 Å². The zero-order valence-corrected chi connectivity index (χ0v) is 17.9. The van der Waals surface area contributed by atoms with Gasteiger partial charge in [-0.1, -0.05) is 0 Å². The maximum Gasteiger partial charge on any atom is 0.255 e. The molecular formula is C22H24N4O3S. The van der Waals surface area contributed by atoms with Crippen LogP contribution in [-0.2, 0) is 10.0 Å². The average Bonchev–Trinajstić information content (AvgIpc) is 3.58. The number of amides is 1. The Hall–Kier alpha value is -2.76. The highest BCUT2D eigenvalue weighted by Gasteiger charge is 2.35. The van der Waals surface area contributed by atoms with Crippen molar-refractivity contribution in [1.82, 2.24) is 14.2 Å². The summed E-state index contributed by atoms with van der Waals surface area (Å²) in [4.78, 5) is 19.3. The first-order valence-corrected chi connectivity index (χ1v) is 11.5. The number of rotatable bonds is 4. The largest absolute Gasteiger partial charge is 0.333 e. The van der Waals surface area contributed by atoms with E-state index in [0.717, 1.165) is 18.5 Å². The van der Waals surface area contributed by atoms with Gasteiger partial charge in [0.25, 0.3) is 5.91 Å². The number of aromatic nitrogens is 1. The van der Waals surface area contributed by atoms with Crippen molar-refractivity contribution in [3.8, 4) is 6.07 Å². The fourth-order valence-corrected chi connectivity index (χ4v) is 5.63. The highest BCUT2D eigenvalue weighted by molar-refractivity contribution is 7.89. The molecule has 1 saturated heterocycles.